The number of nitrogens with two attached hydrogens (primary N) is 2. The Bertz CT molecular complexity index is 1380. The van der Waals surface area contributed by atoms with Crippen LogP contribution in [0.15, 0.2) is 53.4 Å². The number of benzene rings is 3. The normalized spacial score (nSPS) is 10.8. The molecular weight excluding hydrogens is 541 g/mol. The first-order chi connectivity index (χ1) is 16.6. The fourth-order valence-corrected chi connectivity index (χ4v) is 4.83. The number of hydrazine groups is 1. The van der Waals surface area contributed by atoms with Gasteiger partial charge in [0.15, 0.2) is 5.75 Å². The van der Waals surface area contributed by atoms with Gasteiger partial charge in [0.05, 0.1) is 17.8 Å². The minimum atomic E-state index is -4.59. The van der Waals surface area contributed by atoms with E-state index < -0.39 is 38.1 Å². The molecule has 6 N–H and O–H groups in total. The number of para-hydroxylation sites is 1. The van der Waals surface area contributed by atoms with Gasteiger partial charge in [-0.05, 0) is 24.3 Å². The molecular formula is C22H22Cl2F2N4O5S. The lowest BCUT2D eigenvalue weighted by molar-refractivity contribution is 0.0953. The van der Waals surface area contributed by atoms with E-state index in [1.165, 1.54) is 6.07 Å². The summed E-state index contributed by atoms with van der Waals surface area (Å²) in [6.07, 6.45) is 0. The third kappa shape index (κ3) is 6.15. The molecule has 0 spiro atoms. The summed E-state index contributed by atoms with van der Waals surface area (Å²) < 4.78 is 68.4. The van der Waals surface area contributed by atoms with Crippen LogP contribution in [0.1, 0.15) is 10.4 Å². The molecule has 0 unspecified atom stereocenters. The second-order valence-corrected chi connectivity index (χ2v) is 9.07. The van der Waals surface area contributed by atoms with Crippen LogP contribution in [0.2, 0.25) is 5.02 Å². The SMILES string of the molecule is COc1c(Cl)cc(C(=O)NN)cc1S(=O)(=O)Nc1cc(-c2ccccc2OCCN)c(F)cc1F.Cl. The maximum Gasteiger partial charge on any atom is 0.265 e. The lowest BCUT2D eigenvalue weighted by Gasteiger charge is -2.16. The van der Waals surface area contributed by atoms with Crippen molar-refractivity contribution in [2.75, 3.05) is 25.0 Å². The van der Waals surface area contributed by atoms with Crippen molar-refractivity contribution in [3.8, 4) is 22.6 Å². The summed E-state index contributed by atoms with van der Waals surface area (Å²) in [6.45, 7) is 0.351. The second kappa shape index (κ2) is 12.2. The molecule has 0 saturated carbocycles. The number of methoxy groups -OCH3 is 1. The van der Waals surface area contributed by atoms with Crippen molar-refractivity contribution < 1.29 is 31.5 Å². The number of rotatable bonds is 9. The maximum atomic E-state index is 14.7. The number of ether oxygens (including phenoxy) is 2. The van der Waals surface area contributed by atoms with Crippen LogP contribution in [0.3, 0.4) is 0 Å². The largest absolute Gasteiger partial charge is 0.494 e. The van der Waals surface area contributed by atoms with E-state index in [2.05, 4.69) is 4.72 Å². The highest BCUT2D eigenvalue weighted by molar-refractivity contribution is 7.92. The van der Waals surface area contributed by atoms with E-state index in [-0.39, 0.29) is 58.8 Å². The Morgan fingerprint density at radius 2 is 1.78 bits per heavy atom. The summed E-state index contributed by atoms with van der Waals surface area (Å²) in [6, 6.07) is 9.98. The lowest BCUT2D eigenvalue weighted by Crippen LogP contribution is -2.30. The molecule has 3 rings (SSSR count). The molecule has 0 aliphatic heterocycles. The molecule has 0 heterocycles. The Morgan fingerprint density at radius 1 is 1.08 bits per heavy atom. The quantitative estimate of drug-likeness (QED) is 0.177. The molecule has 3 aromatic carbocycles. The molecule has 3 aromatic rings. The standard InChI is InChI=1S/C22H21ClF2N4O5S.ClH/c1-33-21-15(23)8-12(22(30)28-27)9-20(21)35(31,32)29-18-10-14(16(24)11-17(18)25)13-4-2-3-5-19(13)34-7-6-26;/h2-5,8-11,29H,6-7,26-27H2,1H3,(H,28,30);1H. The van der Waals surface area contributed by atoms with Gasteiger partial charge in [-0.1, -0.05) is 29.8 Å². The highest BCUT2D eigenvalue weighted by atomic mass is 35.5. The van der Waals surface area contributed by atoms with Gasteiger partial charge in [0.1, 0.15) is 28.9 Å². The highest BCUT2D eigenvalue weighted by Gasteiger charge is 2.26. The lowest BCUT2D eigenvalue weighted by atomic mass is 10.0. The van der Waals surface area contributed by atoms with Crippen molar-refractivity contribution in [1.29, 1.82) is 0 Å². The number of carbonyl (C=O) groups is 1. The smallest absolute Gasteiger partial charge is 0.265 e. The number of hydrogen-bond donors (Lipinski definition) is 4. The Morgan fingerprint density at radius 3 is 2.42 bits per heavy atom. The summed E-state index contributed by atoms with van der Waals surface area (Å²) in [7, 11) is -3.43. The van der Waals surface area contributed by atoms with E-state index in [0.717, 1.165) is 25.3 Å². The zero-order chi connectivity index (χ0) is 25.8. The van der Waals surface area contributed by atoms with E-state index in [0.29, 0.717) is 6.07 Å². The number of nitrogen functional groups attached to an aromatic ring is 1. The van der Waals surface area contributed by atoms with E-state index in [4.69, 9.17) is 32.7 Å². The Labute approximate surface area is 217 Å². The van der Waals surface area contributed by atoms with Gasteiger partial charge in [-0.15, -0.1) is 12.4 Å². The molecule has 0 aliphatic rings. The van der Waals surface area contributed by atoms with Gasteiger partial charge >= 0.3 is 0 Å². The van der Waals surface area contributed by atoms with Crippen LogP contribution >= 0.6 is 24.0 Å². The molecule has 1 amide bonds. The van der Waals surface area contributed by atoms with Crippen molar-refractivity contribution in [3.63, 3.8) is 0 Å². The molecule has 36 heavy (non-hydrogen) atoms. The van der Waals surface area contributed by atoms with Gasteiger partial charge in [0.25, 0.3) is 15.9 Å². The summed E-state index contributed by atoms with van der Waals surface area (Å²) in [5.74, 6) is 2.13. The molecule has 9 nitrogen and oxygen atoms in total. The maximum absolute atomic E-state index is 14.7. The molecule has 0 aromatic heterocycles. The minimum Gasteiger partial charge on any atom is -0.494 e. The molecule has 0 aliphatic carbocycles. The first kappa shape index (κ1) is 29.1. The van der Waals surface area contributed by atoms with E-state index in [9.17, 15) is 22.0 Å². The van der Waals surface area contributed by atoms with Gasteiger partial charge in [0.2, 0.25) is 0 Å². The summed E-state index contributed by atoms with van der Waals surface area (Å²) in [5, 5.41) is -0.208. The van der Waals surface area contributed by atoms with Gasteiger partial charge < -0.3 is 15.2 Å². The van der Waals surface area contributed by atoms with Crippen LogP contribution < -0.4 is 31.2 Å². The number of carbonyl (C=O) groups excluding carboxylic acids is 1. The van der Waals surface area contributed by atoms with Crippen LogP contribution in [0.5, 0.6) is 11.5 Å². The summed E-state index contributed by atoms with van der Waals surface area (Å²) in [5.41, 5.74) is 6.69. The van der Waals surface area contributed by atoms with Gasteiger partial charge in [-0.3, -0.25) is 14.9 Å². The first-order valence-corrected chi connectivity index (χ1v) is 11.8. The van der Waals surface area contributed by atoms with Crippen LogP contribution in [0.4, 0.5) is 14.5 Å². The number of amides is 1. The van der Waals surface area contributed by atoms with Crippen LogP contribution in [0, 0.1) is 11.6 Å². The van der Waals surface area contributed by atoms with Crippen LogP contribution in [-0.4, -0.2) is 34.6 Å². The monoisotopic (exact) mass is 562 g/mol. The molecule has 194 valence electrons. The number of anilines is 1. The van der Waals surface area contributed by atoms with Crippen LogP contribution in [-0.2, 0) is 10.0 Å². The first-order valence-electron chi connectivity index (χ1n) is 9.95. The highest BCUT2D eigenvalue weighted by Crippen LogP contribution is 2.37. The minimum absolute atomic E-state index is 0. The zero-order valence-electron chi connectivity index (χ0n) is 18.7. The molecule has 0 radical (unpaired) electrons. The fourth-order valence-electron chi connectivity index (χ4n) is 3.20. The number of hydrogen-bond acceptors (Lipinski definition) is 7. The Hall–Kier alpha value is -3.16. The summed E-state index contributed by atoms with van der Waals surface area (Å²) in [4.78, 5) is 11.4. The number of sulfonamides is 1. The second-order valence-electron chi connectivity index (χ2n) is 7.01. The van der Waals surface area contributed by atoms with Gasteiger partial charge in [-0.2, -0.15) is 0 Å². The van der Waals surface area contributed by atoms with Crippen molar-refractivity contribution >= 4 is 45.6 Å². The average molecular weight is 563 g/mol. The molecule has 0 fully saturated rings. The third-order valence-electron chi connectivity index (χ3n) is 4.75. The van der Waals surface area contributed by atoms with E-state index in [1.54, 1.807) is 18.2 Å². The van der Waals surface area contributed by atoms with E-state index in [1.807, 2.05) is 5.43 Å². The van der Waals surface area contributed by atoms with Crippen LogP contribution in [0.25, 0.3) is 11.1 Å². The topological polar surface area (TPSA) is 146 Å². The molecule has 0 bridgehead atoms. The average Bonchev–Trinajstić information content (AvgIpc) is 2.83. The molecule has 14 heteroatoms. The number of halogens is 4. The molecule has 0 saturated heterocycles. The fraction of sp³-hybridized carbons (Fsp3) is 0.136. The van der Waals surface area contributed by atoms with Crippen molar-refractivity contribution in [1.82, 2.24) is 5.43 Å². The van der Waals surface area contributed by atoms with E-state index >= 15 is 0 Å². The van der Waals surface area contributed by atoms with Crippen molar-refractivity contribution in [3.05, 3.63) is 70.8 Å². The summed E-state index contributed by atoms with van der Waals surface area (Å²) >= 11 is 6.08. The third-order valence-corrected chi connectivity index (χ3v) is 6.40. The molecule has 0 atom stereocenters. The van der Waals surface area contributed by atoms with Gasteiger partial charge in [0, 0.05) is 29.3 Å². The Kier molecular flexibility index (Phi) is 9.85. The van der Waals surface area contributed by atoms with Crippen molar-refractivity contribution in [2.45, 2.75) is 4.90 Å². The predicted molar refractivity (Wildman–Crippen MR) is 134 cm³/mol. The number of nitrogens with one attached hydrogen (secondary N) is 2. The van der Waals surface area contributed by atoms with Crippen molar-refractivity contribution in [2.24, 2.45) is 11.6 Å². The zero-order valence-corrected chi connectivity index (χ0v) is 21.1. The predicted octanol–water partition coefficient (Wildman–Crippen LogP) is 3.46. The van der Waals surface area contributed by atoms with Gasteiger partial charge in [-0.25, -0.2) is 23.0 Å². The Balaban J connectivity index is 0.00000456.